The minimum Gasteiger partial charge on any atom is -0.462 e. The second-order valence-electron chi connectivity index (χ2n) is 23.0. The second kappa shape index (κ2) is 53.8. The van der Waals surface area contributed by atoms with E-state index < -0.39 is 97.5 Å². The summed E-state index contributed by atoms with van der Waals surface area (Å²) in [4.78, 5) is 71.8. The molecule has 0 fully saturated rings. The van der Waals surface area contributed by atoms with E-state index in [4.69, 9.17) is 37.0 Å². The molecule has 0 aromatic rings. The van der Waals surface area contributed by atoms with Crippen molar-refractivity contribution in [3.05, 3.63) is 0 Å². The summed E-state index contributed by atoms with van der Waals surface area (Å²) in [5.41, 5.74) is 0. The van der Waals surface area contributed by atoms with Crippen LogP contribution in [0, 0.1) is 11.8 Å². The SMILES string of the molecule is CCCCCCCCCCCCCCCCC(=O)O[C@H](COC(=O)CCCCCCCCCCC(C)C)COP(=O)(O)OC[C@@H](O)COP(=O)(O)OC[C@@H](COC(=O)CCCCCCC)OC(=O)CCCCCCCCCC(C)C. The fraction of sp³-hybridized carbons (Fsp3) is 0.934. The molecular formula is C61H118O17P2. The Hall–Kier alpha value is -1.94. The van der Waals surface area contributed by atoms with Crippen LogP contribution in [0.3, 0.4) is 0 Å². The molecule has 0 aliphatic rings. The Labute approximate surface area is 486 Å². The topological polar surface area (TPSA) is 237 Å². The van der Waals surface area contributed by atoms with E-state index in [1.165, 1.54) is 109 Å². The van der Waals surface area contributed by atoms with Crippen LogP contribution in [0.5, 0.6) is 0 Å². The van der Waals surface area contributed by atoms with Crippen molar-refractivity contribution < 1.29 is 80.2 Å². The summed E-state index contributed by atoms with van der Waals surface area (Å²) in [7, 11) is -9.87. The lowest BCUT2D eigenvalue weighted by Gasteiger charge is -2.21. The number of rotatable bonds is 60. The van der Waals surface area contributed by atoms with Crippen LogP contribution in [0.4, 0.5) is 0 Å². The fourth-order valence-corrected chi connectivity index (χ4v) is 10.6. The number of unbranched alkanes of at least 4 members (excludes halogenated alkanes) is 30. The molecule has 0 bridgehead atoms. The van der Waals surface area contributed by atoms with Crippen molar-refractivity contribution in [1.82, 2.24) is 0 Å². The fourth-order valence-electron chi connectivity index (χ4n) is 9.00. The van der Waals surface area contributed by atoms with Gasteiger partial charge in [0.15, 0.2) is 12.2 Å². The lowest BCUT2D eigenvalue weighted by molar-refractivity contribution is -0.161. The number of ether oxygens (including phenoxy) is 4. The van der Waals surface area contributed by atoms with E-state index in [1.807, 2.05) is 0 Å². The Morgan fingerprint density at radius 2 is 0.575 bits per heavy atom. The van der Waals surface area contributed by atoms with Crippen LogP contribution in [0.1, 0.15) is 298 Å². The zero-order valence-electron chi connectivity index (χ0n) is 51.4. The molecule has 0 heterocycles. The number of hydrogen-bond acceptors (Lipinski definition) is 15. The third-order valence-electron chi connectivity index (χ3n) is 14.0. The van der Waals surface area contributed by atoms with E-state index in [1.54, 1.807) is 0 Å². The minimum atomic E-state index is -4.94. The van der Waals surface area contributed by atoms with Gasteiger partial charge in [-0.25, -0.2) is 9.13 Å². The van der Waals surface area contributed by atoms with Crippen molar-refractivity contribution in [2.75, 3.05) is 39.6 Å². The monoisotopic (exact) mass is 1180 g/mol. The number of carbonyl (C=O) groups is 4. The third-order valence-corrected chi connectivity index (χ3v) is 15.9. The summed E-state index contributed by atoms with van der Waals surface area (Å²) in [5, 5.41) is 10.5. The normalized spacial score (nSPS) is 14.4. The van der Waals surface area contributed by atoms with Gasteiger partial charge in [0.2, 0.25) is 0 Å². The maximum Gasteiger partial charge on any atom is 0.472 e. The number of aliphatic hydroxyl groups excluding tert-OH is 1. The highest BCUT2D eigenvalue weighted by molar-refractivity contribution is 7.47. The predicted molar refractivity (Wildman–Crippen MR) is 317 cm³/mol. The first-order valence-corrected chi connectivity index (χ1v) is 35.0. The predicted octanol–water partition coefficient (Wildman–Crippen LogP) is 16.5. The average Bonchev–Trinajstić information content (AvgIpc) is 3.41. The van der Waals surface area contributed by atoms with Crippen LogP contribution >= 0.6 is 15.6 Å². The van der Waals surface area contributed by atoms with E-state index >= 15 is 0 Å². The summed E-state index contributed by atoms with van der Waals surface area (Å²) in [5.74, 6) is -0.728. The highest BCUT2D eigenvalue weighted by Crippen LogP contribution is 2.45. The van der Waals surface area contributed by atoms with Gasteiger partial charge in [0.05, 0.1) is 26.4 Å². The number of carbonyl (C=O) groups excluding carboxylic acids is 4. The van der Waals surface area contributed by atoms with Gasteiger partial charge in [0, 0.05) is 25.7 Å². The molecule has 5 atom stereocenters. The van der Waals surface area contributed by atoms with E-state index in [2.05, 4.69) is 41.5 Å². The summed E-state index contributed by atoms with van der Waals surface area (Å²) < 4.78 is 67.7. The molecule has 19 heteroatoms. The maximum absolute atomic E-state index is 12.9. The van der Waals surface area contributed by atoms with Gasteiger partial charge in [-0.1, -0.05) is 247 Å². The summed E-state index contributed by atoms with van der Waals surface area (Å²) in [6.45, 7) is 9.29. The summed E-state index contributed by atoms with van der Waals surface area (Å²) in [6, 6.07) is 0. The molecule has 2 unspecified atom stereocenters. The molecule has 0 rings (SSSR count). The Morgan fingerprint density at radius 1 is 0.338 bits per heavy atom. The first kappa shape index (κ1) is 78.1. The Morgan fingerprint density at radius 3 is 0.850 bits per heavy atom. The van der Waals surface area contributed by atoms with Crippen LogP contribution in [0.25, 0.3) is 0 Å². The van der Waals surface area contributed by atoms with E-state index in [9.17, 15) is 43.2 Å². The molecule has 0 aromatic heterocycles. The van der Waals surface area contributed by atoms with Crippen molar-refractivity contribution in [2.24, 2.45) is 11.8 Å². The lowest BCUT2D eigenvalue weighted by atomic mass is 10.0. The van der Waals surface area contributed by atoms with Crippen molar-refractivity contribution in [3.8, 4) is 0 Å². The second-order valence-corrected chi connectivity index (χ2v) is 25.9. The smallest absolute Gasteiger partial charge is 0.462 e. The first-order valence-electron chi connectivity index (χ1n) is 32.0. The number of phosphoric acid groups is 2. The number of phosphoric ester groups is 2. The molecule has 0 saturated carbocycles. The molecule has 3 N–H and O–H groups in total. The maximum atomic E-state index is 12.9. The van der Waals surface area contributed by atoms with Crippen LogP contribution in [0.15, 0.2) is 0 Å². The molecule has 0 aromatic carbocycles. The molecule has 0 aliphatic heterocycles. The molecule has 0 amide bonds. The van der Waals surface area contributed by atoms with Crippen molar-refractivity contribution in [1.29, 1.82) is 0 Å². The largest absolute Gasteiger partial charge is 0.472 e. The number of aliphatic hydroxyl groups is 1. The standard InChI is InChI=1S/C61H118O17P2/c1-7-9-11-13-14-15-16-17-18-19-20-27-33-39-45-60(65)78-57(50-72-59(64)44-38-32-26-22-21-24-30-35-41-53(3)4)52-76-80(69,70)74-48-55(62)47-73-79(67,68)75-51-56(49-71-58(63)43-37-29-12-10-8-2)77-61(66)46-40-34-28-23-25-31-36-42-54(5)6/h53-57,62H,7-52H2,1-6H3,(H,67,68)(H,69,70)/t55-,56+,57+/m0/s1. The Kier molecular flexibility index (Phi) is 52.5. The van der Waals surface area contributed by atoms with Crippen molar-refractivity contribution >= 4 is 39.5 Å². The van der Waals surface area contributed by atoms with Crippen molar-refractivity contribution in [3.63, 3.8) is 0 Å². The van der Waals surface area contributed by atoms with E-state index in [0.717, 1.165) is 102 Å². The molecule has 0 saturated heterocycles. The molecule has 0 radical (unpaired) electrons. The van der Waals surface area contributed by atoms with Gasteiger partial charge in [0.25, 0.3) is 0 Å². The van der Waals surface area contributed by atoms with Gasteiger partial charge in [0.1, 0.15) is 19.3 Å². The Bertz CT molecular complexity index is 1580. The zero-order chi connectivity index (χ0) is 59.4. The van der Waals surface area contributed by atoms with E-state index in [-0.39, 0.29) is 25.7 Å². The zero-order valence-corrected chi connectivity index (χ0v) is 53.2. The number of esters is 4. The van der Waals surface area contributed by atoms with Gasteiger partial charge in [-0.05, 0) is 37.5 Å². The van der Waals surface area contributed by atoms with Gasteiger partial charge in [-0.3, -0.25) is 37.3 Å². The molecule has 0 spiro atoms. The Balaban J connectivity index is 5.18. The highest BCUT2D eigenvalue weighted by atomic mass is 31.2. The minimum absolute atomic E-state index is 0.102. The molecular weight excluding hydrogens is 1070 g/mol. The molecule has 17 nitrogen and oxygen atoms in total. The third kappa shape index (κ3) is 55.3. The van der Waals surface area contributed by atoms with Crippen LogP contribution in [0.2, 0.25) is 0 Å². The average molecular weight is 1190 g/mol. The molecule has 474 valence electrons. The molecule has 80 heavy (non-hydrogen) atoms. The quantitative estimate of drug-likeness (QED) is 0.0222. The highest BCUT2D eigenvalue weighted by Gasteiger charge is 2.30. The lowest BCUT2D eigenvalue weighted by Crippen LogP contribution is -2.30. The summed E-state index contributed by atoms with van der Waals surface area (Å²) in [6.07, 6.45) is 35.3. The van der Waals surface area contributed by atoms with Gasteiger partial charge in [-0.2, -0.15) is 0 Å². The first-order chi connectivity index (χ1) is 38.4. The number of hydrogen-bond donors (Lipinski definition) is 3. The van der Waals surface area contributed by atoms with Gasteiger partial charge < -0.3 is 33.8 Å². The van der Waals surface area contributed by atoms with Crippen LogP contribution in [-0.4, -0.2) is 96.7 Å². The van der Waals surface area contributed by atoms with E-state index in [0.29, 0.717) is 31.6 Å². The molecule has 0 aliphatic carbocycles. The summed E-state index contributed by atoms with van der Waals surface area (Å²) >= 11 is 0. The van der Waals surface area contributed by atoms with Crippen LogP contribution < -0.4 is 0 Å². The van der Waals surface area contributed by atoms with Crippen molar-refractivity contribution in [2.45, 2.75) is 317 Å². The van der Waals surface area contributed by atoms with Gasteiger partial charge >= 0.3 is 39.5 Å². The van der Waals surface area contributed by atoms with Crippen LogP contribution in [-0.2, 0) is 65.4 Å². The van der Waals surface area contributed by atoms with Gasteiger partial charge in [-0.15, -0.1) is 0 Å².